The maximum Gasteiger partial charge on any atom is 0.407 e. The molecule has 0 spiro atoms. The Morgan fingerprint density at radius 1 is 1.17 bits per heavy atom. The van der Waals surface area contributed by atoms with Gasteiger partial charge in [-0.25, -0.2) is 18.6 Å². The van der Waals surface area contributed by atoms with E-state index in [1.165, 1.54) is 18.3 Å². The van der Waals surface area contributed by atoms with Crippen LogP contribution in [0, 0.1) is 11.6 Å². The van der Waals surface area contributed by atoms with Crippen LogP contribution in [0.1, 0.15) is 40.3 Å². The van der Waals surface area contributed by atoms with E-state index >= 15 is 4.39 Å². The summed E-state index contributed by atoms with van der Waals surface area (Å²) < 4.78 is 41.2. The molecule has 0 saturated carbocycles. The van der Waals surface area contributed by atoms with E-state index in [1.54, 1.807) is 39.0 Å². The standard InChI is InChI=1S/C26H30F2N4O3/c1-15-13-32(14-16(2)34-15)23-9-18(27)8-22(31-23)20-7-6-17-11-29-19(10-21(17)24(20)28)12-30-25(33)35-26(3,4)5/h6-11,15-16H,12-14H2,1-5H3,(H,30,33)/t15-,16+. The summed E-state index contributed by atoms with van der Waals surface area (Å²) in [5.41, 5.74) is 0.223. The molecule has 1 amide bonds. The number of morpholine rings is 1. The molecular formula is C26H30F2N4O3. The van der Waals surface area contributed by atoms with Gasteiger partial charge in [0.1, 0.15) is 23.1 Å². The van der Waals surface area contributed by atoms with Crippen molar-refractivity contribution in [3.05, 3.63) is 53.9 Å². The van der Waals surface area contributed by atoms with Crippen molar-refractivity contribution in [1.29, 1.82) is 0 Å². The molecule has 2 atom stereocenters. The number of carbonyl (C=O) groups is 1. The molecule has 3 aromatic rings. The highest BCUT2D eigenvalue weighted by Crippen LogP contribution is 2.30. The molecule has 1 N–H and O–H groups in total. The number of rotatable bonds is 4. The number of pyridine rings is 2. The first kappa shape index (κ1) is 24.8. The molecule has 35 heavy (non-hydrogen) atoms. The second-order valence-electron chi connectivity index (χ2n) is 9.87. The zero-order valence-corrected chi connectivity index (χ0v) is 20.6. The van der Waals surface area contributed by atoms with E-state index in [4.69, 9.17) is 9.47 Å². The van der Waals surface area contributed by atoms with Crippen molar-refractivity contribution < 1.29 is 23.0 Å². The van der Waals surface area contributed by atoms with Gasteiger partial charge in [-0.05, 0) is 46.8 Å². The van der Waals surface area contributed by atoms with E-state index in [0.717, 1.165) is 0 Å². The van der Waals surface area contributed by atoms with Crippen molar-refractivity contribution >= 4 is 22.7 Å². The molecule has 1 aliphatic rings. The van der Waals surface area contributed by atoms with Crippen LogP contribution >= 0.6 is 0 Å². The van der Waals surface area contributed by atoms with Crippen LogP contribution in [0.2, 0.25) is 0 Å². The van der Waals surface area contributed by atoms with Crippen molar-refractivity contribution in [3.63, 3.8) is 0 Å². The van der Waals surface area contributed by atoms with Crippen molar-refractivity contribution in [2.75, 3.05) is 18.0 Å². The van der Waals surface area contributed by atoms with Crippen molar-refractivity contribution in [1.82, 2.24) is 15.3 Å². The molecule has 2 aromatic heterocycles. The summed E-state index contributed by atoms with van der Waals surface area (Å²) >= 11 is 0. The quantitative estimate of drug-likeness (QED) is 0.548. The fourth-order valence-electron chi connectivity index (χ4n) is 4.14. The van der Waals surface area contributed by atoms with Crippen LogP contribution in [0.4, 0.5) is 19.4 Å². The Balaban J connectivity index is 1.63. The van der Waals surface area contributed by atoms with Gasteiger partial charge in [0.25, 0.3) is 0 Å². The summed E-state index contributed by atoms with van der Waals surface area (Å²) in [5, 5.41) is 3.51. The number of aromatic nitrogens is 2. The van der Waals surface area contributed by atoms with Gasteiger partial charge in [0.15, 0.2) is 0 Å². The Bertz CT molecular complexity index is 1240. The second kappa shape index (κ2) is 9.73. The number of nitrogens with zero attached hydrogens (tertiary/aromatic N) is 3. The maximum absolute atomic E-state index is 15.7. The molecule has 7 nitrogen and oxygen atoms in total. The average Bonchev–Trinajstić information content (AvgIpc) is 2.76. The molecule has 1 aliphatic heterocycles. The number of hydrogen-bond acceptors (Lipinski definition) is 6. The molecule has 0 aliphatic carbocycles. The summed E-state index contributed by atoms with van der Waals surface area (Å²) in [6, 6.07) is 7.45. The fraction of sp³-hybridized carbons (Fsp3) is 0.423. The number of benzene rings is 1. The lowest BCUT2D eigenvalue weighted by Gasteiger charge is -2.36. The molecule has 4 rings (SSSR count). The van der Waals surface area contributed by atoms with E-state index < -0.39 is 23.3 Å². The average molecular weight is 485 g/mol. The third kappa shape index (κ3) is 6.03. The number of fused-ring (bicyclic) bond motifs is 1. The van der Waals surface area contributed by atoms with Gasteiger partial charge in [-0.1, -0.05) is 6.07 Å². The summed E-state index contributed by atoms with van der Waals surface area (Å²) in [4.78, 5) is 22.8. The van der Waals surface area contributed by atoms with Gasteiger partial charge in [-0.3, -0.25) is 4.98 Å². The van der Waals surface area contributed by atoms with Crippen LogP contribution in [0.3, 0.4) is 0 Å². The number of alkyl carbamates (subject to hydrolysis) is 1. The molecular weight excluding hydrogens is 454 g/mol. The molecule has 186 valence electrons. The first-order chi connectivity index (χ1) is 16.5. The largest absolute Gasteiger partial charge is 0.444 e. The van der Waals surface area contributed by atoms with Crippen LogP contribution in [0.5, 0.6) is 0 Å². The minimum Gasteiger partial charge on any atom is -0.444 e. The highest BCUT2D eigenvalue weighted by Gasteiger charge is 2.24. The third-order valence-corrected chi connectivity index (χ3v) is 5.50. The van der Waals surface area contributed by atoms with Gasteiger partial charge in [0.05, 0.1) is 30.1 Å². The maximum atomic E-state index is 15.7. The molecule has 1 saturated heterocycles. The zero-order chi connectivity index (χ0) is 25.3. The number of hydrogen-bond donors (Lipinski definition) is 1. The summed E-state index contributed by atoms with van der Waals surface area (Å²) in [7, 11) is 0. The number of amides is 1. The SMILES string of the molecule is C[C@@H]1CN(c2cc(F)cc(-c3ccc4cnc(CNC(=O)OC(C)(C)C)cc4c3F)n2)C[C@H](C)O1. The van der Waals surface area contributed by atoms with E-state index in [2.05, 4.69) is 15.3 Å². The second-order valence-corrected chi connectivity index (χ2v) is 9.87. The number of ether oxygens (including phenoxy) is 2. The minimum atomic E-state index is -0.629. The van der Waals surface area contributed by atoms with E-state index in [0.29, 0.717) is 35.4 Å². The predicted molar refractivity (Wildman–Crippen MR) is 130 cm³/mol. The molecule has 0 radical (unpaired) electrons. The van der Waals surface area contributed by atoms with E-state index in [9.17, 15) is 9.18 Å². The Labute approximate surface area is 203 Å². The minimum absolute atomic E-state index is 0.0233. The highest BCUT2D eigenvalue weighted by molar-refractivity contribution is 5.87. The Morgan fingerprint density at radius 3 is 2.57 bits per heavy atom. The Hall–Kier alpha value is -3.33. The summed E-state index contributed by atoms with van der Waals surface area (Å²) in [6.45, 7) is 10.4. The van der Waals surface area contributed by atoms with Crippen LogP contribution in [0.25, 0.3) is 22.0 Å². The van der Waals surface area contributed by atoms with Gasteiger partial charge in [0.2, 0.25) is 0 Å². The van der Waals surface area contributed by atoms with Crippen LogP contribution < -0.4 is 10.2 Å². The normalized spacial score (nSPS) is 18.5. The molecule has 9 heteroatoms. The summed E-state index contributed by atoms with van der Waals surface area (Å²) in [6.07, 6.45) is 0.904. The van der Waals surface area contributed by atoms with Crippen LogP contribution in [0.15, 0.2) is 36.5 Å². The lowest BCUT2D eigenvalue weighted by molar-refractivity contribution is -0.00547. The molecule has 1 fully saturated rings. The van der Waals surface area contributed by atoms with Crippen molar-refractivity contribution in [2.24, 2.45) is 0 Å². The summed E-state index contributed by atoms with van der Waals surface area (Å²) in [5.74, 6) is -0.581. The Morgan fingerprint density at radius 2 is 1.89 bits per heavy atom. The number of anilines is 1. The van der Waals surface area contributed by atoms with Crippen molar-refractivity contribution in [3.8, 4) is 11.3 Å². The van der Waals surface area contributed by atoms with Crippen LogP contribution in [-0.4, -0.2) is 47.0 Å². The van der Waals surface area contributed by atoms with E-state index in [1.807, 2.05) is 18.7 Å². The molecule has 0 bridgehead atoms. The molecule has 0 unspecified atom stereocenters. The topological polar surface area (TPSA) is 76.6 Å². The fourth-order valence-corrected chi connectivity index (χ4v) is 4.14. The van der Waals surface area contributed by atoms with Gasteiger partial charge in [-0.2, -0.15) is 0 Å². The van der Waals surface area contributed by atoms with Gasteiger partial charge < -0.3 is 19.7 Å². The number of nitrogens with one attached hydrogen (secondary N) is 1. The zero-order valence-electron chi connectivity index (χ0n) is 20.6. The number of carbonyl (C=O) groups excluding carboxylic acids is 1. The first-order valence-electron chi connectivity index (χ1n) is 11.6. The van der Waals surface area contributed by atoms with Crippen molar-refractivity contribution in [2.45, 2.75) is 59.0 Å². The van der Waals surface area contributed by atoms with Gasteiger partial charge in [-0.15, -0.1) is 0 Å². The van der Waals surface area contributed by atoms with Gasteiger partial charge >= 0.3 is 6.09 Å². The monoisotopic (exact) mass is 484 g/mol. The van der Waals surface area contributed by atoms with E-state index in [-0.39, 0.29) is 30.0 Å². The lowest BCUT2D eigenvalue weighted by Crippen LogP contribution is -2.45. The molecule has 1 aromatic carbocycles. The van der Waals surface area contributed by atoms with Gasteiger partial charge in [0, 0.05) is 47.8 Å². The smallest absolute Gasteiger partial charge is 0.407 e. The third-order valence-electron chi connectivity index (χ3n) is 5.50. The predicted octanol–water partition coefficient (Wildman–Crippen LogP) is 5.21. The first-order valence-corrected chi connectivity index (χ1v) is 11.6. The molecule has 3 heterocycles. The lowest BCUT2D eigenvalue weighted by atomic mass is 10.0. The Kier molecular flexibility index (Phi) is 6.89. The highest BCUT2D eigenvalue weighted by atomic mass is 19.1. The number of halogens is 2. The van der Waals surface area contributed by atoms with Crippen LogP contribution in [-0.2, 0) is 16.0 Å².